The highest BCUT2D eigenvalue weighted by molar-refractivity contribution is 14.1. The summed E-state index contributed by atoms with van der Waals surface area (Å²) < 4.78 is 120. The van der Waals surface area contributed by atoms with E-state index in [0.29, 0.717) is 5.56 Å². The highest BCUT2D eigenvalue weighted by Gasteiger charge is 2.76. The Hall–Kier alpha value is -1.62. The van der Waals surface area contributed by atoms with Crippen LogP contribution in [0.1, 0.15) is 31.2 Å². The van der Waals surface area contributed by atoms with Crippen molar-refractivity contribution >= 4 is 44.6 Å². The molecular weight excluding hydrogens is 613 g/mol. The van der Waals surface area contributed by atoms with Crippen molar-refractivity contribution in [2.24, 2.45) is 11.8 Å². The maximum Gasteiger partial charge on any atom is 0.438 e. The second kappa shape index (κ2) is 10.6. The Labute approximate surface area is 204 Å². The van der Waals surface area contributed by atoms with E-state index >= 15 is 0 Å². The fourth-order valence-corrected chi connectivity index (χ4v) is 4.66. The van der Waals surface area contributed by atoms with Crippen molar-refractivity contribution in [3.63, 3.8) is 0 Å². The number of alkyl halides is 6. The molecule has 1 aromatic rings. The third kappa shape index (κ3) is 7.19. The molecule has 34 heavy (non-hydrogen) atoms. The molecule has 0 bridgehead atoms. The Morgan fingerprint density at radius 2 is 1.35 bits per heavy atom. The smallest absolute Gasteiger partial charge is 0.438 e. The van der Waals surface area contributed by atoms with Gasteiger partial charge in [0, 0.05) is 3.57 Å². The molecule has 1 aliphatic rings. The molecule has 0 saturated heterocycles. The normalized spacial score (nSPS) is 20.0. The molecule has 1 N–H and O–H groups in total. The molecule has 1 saturated carbocycles. The lowest BCUT2D eigenvalue weighted by Crippen LogP contribution is -2.63. The molecule has 0 aliphatic heterocycles. The first kappa shape index (κ1) is 28.6. The zero-order chi connectivity index (χ0) is 25.9. The number of benzene rings is 1. The van der Waals surface area contributed by atoms with E-state index in [1.807, 2.05) is 0 Å². The standard InChI is InChI=1S/C19H19F6IO7S/c20-18(21,22)17(19(23,24)25,10-34(29,30)31)33-16(28)13-5-3-12(4-6-13)15(27)32-9-11-1-7-14(26)8-2-11/h1-2,7-8,12-13H,3-6,9-10H2,(H,29,30,31). The Morgan fingerprint density at radius 1 is 0.912 bits per heavy atom. The van der Waals surface area contributed by atoms with Crippen molar-refractivity contribution < 1.29 is 58.4 Å². The number of halogens is 7. The molecule has 0 radical (unpaired) electrons. The Balaban J connectivity index is 2.03. The van der Waals surface area contributed by atoms with Crippen LogP contribution < -0.4 is 0 Å². The van der Waals surface area contributed by atoms with Crippen LogP contribution in [0.15, 0.2) is 24.3 Å². The Kier molecular flexibility index (Phi) is 8.88. The van der Waals surface area contributed by atoms with Gasteiger partial charge in [-0.25, -0.2) is 0 Å². The highest BCUT2D eigenvalue weighted by atomic mass is 127. The van der Waals surface area contributed by atoms with Crippen LogP contribution >= 0.6 is 22.6 Å². The minimum Gasteiger partial charge on any atom is -0.461 e. The van der Waals surface area contributed by atoms with E-state index in [-0.39, 0.29) is 32.3 Å². The lowest BCUT2D eigenvalue weighted by Gasteiger charge is -2.37. The number of hydrogen-bond acceptors (Lipinski definition) is 6. The number of carbonyl (C=O) groups is 2. The zero-order valence-electron chi connectivity index (χ0n) is 17.2. The summed E-state index contributed by atoms with van der Waals surface area (Å²) in [5.74, 6) is -7.65. The molecular formula is C19H19F6IO7S. The fourth-order valence-electron chi connectivity index (χ4n) is 3.40. The van der Waals surface area contributed by atoms with Crippen LogP contribution in [0, 0.1) is 15.4 Å². The van der Waals surface area contributed by atoms with E-state index in [9.17, 15) is 44.3 Å². The van der Waals surface area contributed by atoms with Crippen LogP contribution in [0.4, 0.5) is 26.3 Å². The summed E-state index contributed by atoms with van der Waals surface area (Å²) in [5.41, 5.74) is -4.73. The van der Waals surface area contributed by atoms with Gasteiger partial charge in [0.15, 0.2) is 0 Å². The molecule has 15 heteroatoms. The molecule has 0 heterocycles. The van der Waals surface area contributed by atoms with Gasteiger partial charge in [-0.2, -0.15) is 34.8 Å². The molecule has 192 valence electrons. The molecule has 0 aromatic heterocycles. The van der Waals surface area contributed by atoms with Gasteiger partial charge in [0.25, 0.3) is 10.1 Å². The van der Waals surface area contributed by atoms with E-state index in [2.05, 4.69) is 27.3 Å². The van der Waals surface area contributed by atoms with Crippen LogP contribution in [-0.2, 0) is 35.8 Å². The van der Waals surface area contributed by atoms with Gasteiger partial charge in [-0.05, 0) is 66.0 Å². The van der Waals surface area contributed by atoms with Gasteiger partial charge in [-0.1, -0.05) is 12.1 Å². The van der Waals surface area contributed by atoms with Crippen molar-refractivity contribution in [3.8, 4) is 0 Å². The molecule has 0 atom stereocenters. The van der Waals surface area contributed by atoms with Crippen LogP contribution in [0.25, 0.3) is 0 Å². The second-order valence-corrected chi connectivity index (χ2v) is 10.5. The minimum atomic E-state index is -6.38. The average molecular weight is 632 g/mol. The zero-order valence-corrected chi connectivity index (χ0v) is 20.1. The van der Waals surface area contributed by atoms with Crippen molar-refractivity contribution in [2.45, 2.75) is 50.2 Å². The predicted octanol–water partition coefficient (Wildman–Crippen LogP) is 4.44. The van der Waals surface area contributed by atoms with Crippen molar-refractivity contribution in [1.82, 2.24) is 0 Å². The Bertz CT molecular complexity index is 970. The first-order valence-corrected chi connectivity index (χ1v) is 12.4. The monoisotopic (exact) mass is 632 g/mol. The van der Waals surface area contributed by atoms with Crippen LogP contribution in [-0.4, -0.2) is 48.6 Å². The third-order valence-electron chi connectivity index (χ3n) is 5.26. The van der Waals surface area contributed by atoms with E-state index < -0.39 is 57.6 Å². The first-order chi connectivity index (χ1) is 15.5. The summed E-state index contributed by atoms with van der Waals surface area (Å²) >= 11 is 2.09. The number of hydrogen-bond donors (Lipinski definition) is 1. The molecule has 1 fully saturated rings. The maximum atomic E-state index is 13.3. The Morgan fingerprint density at radius 3 is 1.76 bits per heavy atom. The molecule has 0 amide bonds. The van der Waals surface area contributed by atoms with Gasteiger partial charge in [-0.15, -0.1) is 0 Å². The summed E-state index contributed by atoms with van der Waals surface area (Å²) in [7, 11) is -5.85. The fraction of sp³-hybridized carbons (Fsp3) is 0.579. The molecule has 0 spiro atoms. The number of rotatable bonds is 7. The first-order valence-electron chi connectivity index (χ1n) is 9.68. The van der Waals surface area contributed by atoms with E-state index in [1.54, 1.807) is 24.3 Å². The topological polar surface area (TPSA) is 107 Å². The SMILES string of the molecule is O=C(OCc1ccc(I)cc1)C1CCC(C(=O)OC(CS(=O)(=O)O)(C(F)(F)F)C(F)(F)F)CC1. The summed E-state index contributed by atoms with van der Waals surface area (Å²) in [6, 6.07) is 7.07. The van der Waals surface area contributed by atoms with Gasteiger partial charge in [0.2, 0.25) is 0 Å². The highest BCUT2D eigenvalue weighted by Crippen LogP contribution is 2.47. The van der Waals surface area contributed by atoms with Crippen molar-refractivity contribution in [2.75, 3.05) is 5.75 Å². The van der Waals surface area contributed by atoms with Crippen LogP contribution in [0.2, 0.25) is 0 Å². The van der Waals surface area contributed by atoms with E-state index in [0.717, 1.165) is 3.57 Å². The van der Waals surface area contributed by atoms with Gasteiger partial charge >= 0.3 is 29.9 Å². The lowest BCUT2D eigenvalue weighted by atomic mass is 9.82. The molecule has 7 nitrogen and oxygen atoms in total. The minimum absolute atomic E-state index is 0.0347. The van der Waals surface area contributed by atoms with Crippen LogP contribution in [0.5, 0.6) is 0 Å². The summed E-state index contributed by atoms with van der Waals surface area (Å²) in [5, 5.41) is 0. The van der Waals surface area contributed by atoms with Gasteiger partial charge in [-0.3, -0.25) is 14.1 Å². The summed E-state index contributed by atoms with van der Waals surface area (Å²) in [6.45, 7) is -0.0347. The van der Waals surface area contributed by atoms with Gasteiger partial charge in [0.1, 0.15) is 12.4 Å². The van der Waals surface area contributed by atoms with Crippen molar-refractivity contribution in [1.29, 1.82) is 0 Å². The van der Waals surface area contributed by atoms with Crippen molar-refractivity contribution in [3.05, 3.63) is 33.4 Å². The van der Waals surface area contributed by atoms with Gasteiger partial charge < -0.3 is 9.47 Å². The van der Waals surface area contributed by atoms with Crippen LogP contribution in [0.3, 0.4) is 0 Å². The third-order valence-corrected chi connectivity index (χ3v) is 6.75. The van der Waals surface area contributed by atoms with E-state index in [1.165, 1.54) is 0 Å². The predicted molar refractivity (Wildman–Crippen MR) is 112 cm³/mol. The lowest BCUT2D eigenvalue weighted by molar-refractivity contribution is -0.362. The van der Waals surface area contributed by atoms with Gasteiger partial charge in [0.05, 0.1) is 11.8 Å². The largest absolute Gasteiger partial charge is 0.461 e. The number of carbonyl (C=O) groups excluding carboxylic acids is 2. The molecule has 1 aliphatic carbocycles. The average Bonchev–Trinajstić information content (AvgIpc) is 2.70. The summed E-state index contributed by atoms with van der Waals surface area (Å²) in [6.07, 6.45) is -13.4. The quantitative estimate of drug-likeness (QED) is 0.205. The molecule has 2 rings (SSSR count). The molecule has 0 unspecified atom stereocenters. The second-order valence-electron chi connectivity index (χ2n) is 7.75. The maximum absolute atomic E-state index is 13.3. The van der Waals surface area contributed by atoms with E-state index in [4.69, 9.17) is 9.29 Å². The summed E-state index contributed by atoms with van der Waals surface area (Å²) in [4.78, 5) is 24.4. The molecule has 1 aromatic carbocycles. The number of ether oxygens (including phenoxy) is 2. The number of esters is 2.